The largest absolute Gasteiger partial charge is 0.493 e. The van der Waals surface area contributed by atoms with Gasteiger partial charge in [-0.3, -0.25) is 4.79 Å². The quantitative estimate of drug-likeness (QED) is 0.882. The molecular weight excluding hydrogens is 312 g/mol. The van der Waals surface area contributed by atoms with Crippen LogP contribution in [0, 0.1) is 12.8 Å². The first kappa shape index (κ1) is 15.8. The van der Waals surface area contributed by atoms with Crippen molar-refractivity contribution in [2.75, 3.05) is 20.8 Å². The molecule has 122 valence electrons. The second-order valence-electron chi connectivity index (χ2n) is 5.66. The summed E-state index contributed by atoms with van der Waals surface area (Å²) in [6, 6.07) is 5.65. The van der Waals surface area contributed by atoms with E-state index in [9.17, 15) is 4.79 Å². The number of aryl methyl sites for hydroxylation is 1. The van der Waals surface area contributed by atoms with E-state index in [1.165, 1.54) is 24.2 Å². The maximum Gasteiger partial charge on any atom is 0.263 e. The van der Waals surface area contributed by atoms with Crippen molar-refractivity contribution < 1.29 is 14.3 Å². The number of benzene rings is 1. The second kappa shape index (κ2) is 6.58. The van der Waals surface area contributed by atoms with Crippen LogP contribution in [0.5, 0.6) is 11.5 Å². The molecule has 1 aromatic carbocycles. The summed E-state index contributed by atoms with van der Waals surface area (Å²) in [6.07, 6.45) is 2.44. The number of methoxy groups -OCH3 is 2. The van der Waals surface area contributed by atoms with Crippen LogP contribution >= 0.6 is 11.3 Å². The number of nitrogens with zero attached hydrogens (tertiary/aromatic N) is 1. The van der Waals surface area contributed by atoms with Gasteiger partial charge in [-0.2, -0.15) is 0 Å². The van der Waals surface area contributed by atoms with Crippen LogP contribution in [0.2, 0.25) is 0 Å². The van der Waals surface area contributed by atoms with Crippen LogP contribution < -0.4 is 14.8 Å². The van der Waals surface area contributed by atoms with E-state index in [1.54, 1.807) is 14.2 Å². The highest BCUT2D eigenvalue weighted by Crippen LogP contribution is 2.35. The Morgan fingerprint density at radius 3 is 2.70 bits per heavy atom. The van der Waals surface area contributed by atoms with Gasteiger partial charge < -0.3 is 14.8 Å². The Hall–Kier alpha value is -2.08. The zero-order valence-corrected chi connectivity index (χ0v) is 14.3. The summed E-state index contributed by atoms with van der Waals surface area (Å²) < 4.78 is 10.6. The van der Waals surface area contributed by atoms with Gasteiger partial charge in [-0.25, -0.2) is 4.98 Å². The summed E-state index contributed by atoms with van der Waals surface area (Å²) in [7, 11) is 3.21. The third-order valence-corrected chi connectivity index (χ3v) is 5.09. The molecule has 0 atom stereocenters. The summed E-state index contributed by atoms with van der Waals surface area (Å²) >= 11 is 1.41. The van der Waals surface area contributed by atoms with Crippen LogP contribution in [0.4, 0.5) is 0 Å². The van der Waals surface area contributed by atoms with Crippen LogP contribution in [0.15, 0.2) is 18.2 Å². The Labute approximate surface area is 139 Å². The lowest BCUT2D eigenvalue weighted by Crippen LogP contribution is -2.25. The van der Waals surface area contributed by atoms with Gasteiger partial charge in [0.25, 0.3) is 5.91 Å². The lowest BCUT2D eigenvalue weighted by atomic mass is 10.2. The molecule has 0 radical (unpaired) electrons. The fourth-order valence-corrected chi connectivity index (χ4v) is 3.32. The molecule has 0 bridgehead atoms. The molecule has 1 N–H and O–H groups in total. The molecule has 1 fully saturated rings. The zero-order valence-electron chi connectivity index (χ0n) is 13.5. The molecule has 0 spiro atoms. The smallest absolute Gasteiger partial charge is 0.263 e. The fourth-order valence-electron chi connectivity index (χ4n) is 2.34. The second-order valence-corrected chi connectivity index (χ2v) is 6.66. The summed E-state index contributed by atoms with van der Waals surface area (Å²) in [4.78, 5) is 17.5. The first-order valence-corrected chi connectivity index (χ1v) is 8.42. The highest BCUT2D eigenvalue weighted by atomic mass is 32.1. The number of nitrogens with one attached hydrogen (secondary N) is 1. The van der Waals surface area contributed by atoms with Gasteiger partial charge in [-0.05, 0) is 43.9 Å². The molecule has 1 aliphatic rings. The highest BCUT2D eigenvalue weighted by molar-refractivity contribution is 7.17. The number of hydrogen-bond acceptors (Lipinski definition) is 5. The van der Waals surface area contributed by atoms with Crippen molar-refractivity contribution in [3.8, 4) is 22.1 Å². The molecule has 23 heavy (non-hydrogen) atoms. The molecule has 1 aromatic heterocycles. The van der Waals surface area contributed by atoms with Gasteiger partial charge in [0, 0.05) is 12.1 Å². The highest BCUT2D eigenvalue weighted by Gasteiger charge is 2.23. The summed E-state index contributed by atoms with van der Waals surface area (Å²) in [5, 5.41) is 3.80. The number of hydrogen-bond donors (Lipinski definition) is 1. The molecule has 0 saturated heterocycles. The van der Waals surface area contributed by atoms with Crippen molar-refractivity contribution in [2.45, 2.75) is 19.8 Å². The normalized spacial score (nSPS) is 13.7. The van der Waals surface area contributed by atoms with Crippen molar-refractivity contribution in [1.82, 2.24) is 10.3 Å². The van der Waals surface area contributed by atoms with E-state index in [4.69, 9.17) is 9.47 Å². The maximum atomic E-state index is 12.3. The first-order chi connectivity index (χ1) is 11.1. The van der Waals surface area contributed by atoms with Gasteiger partial charge in [-0.1, -0.05) is 0 Å². The Morgan fingerprint density at radius 1 is 1.30 bits per heavy atom. The lowest BCUT2D eigenvalue weighted by Gasteiger charge is -2.08. The van der Waals surface area contributed by atoms with E-state index in [0.717, 1.165) is 22.8 Å². The number of ether oxygens (including phenoxy) is 2. The van der Waals surface area contributed by atoms with E-state index < -0.39 is 0 Å². The Balaban J connectivity index is 1.83. The van der Waals surface area contributed by atoms with Crippen molar-refractivity contribution >= 4 is 17.2 Å². The third-order valence-electron chi connectivity index (χ3n) is 3.88. The molecule has 2 aromatic rings. The topological polar surface area (TPSA) is 60.5 Å². The van der Waals surface area contributed by atoms with E-state index in [-0.39, 0.29) is 5.91 Å². The van der Waals surface area contributed by atoms with E-state index >= 15 is 0 Å². The number of carbonyl (C=O) groups excluding carboxylic acids is 1. The average molecular weight is 332 g/mol. The van der Waals surface area contributed by atoms with Gasteiger partial charge >= 0.3 is 0 Å². The van der Waals surface area contributed by atoms with Crippen LogP contribution in [0.1, 0.15) is 28.2 Å². The van der Waals surface area contributed by atoms with Gasteiger partial charge in [0.1, 0.15) is 9.88 Å². The number of thiazole rings is 1. The lowest BCUT2D eigenvalue weighted by molar-refractivity contribution is 0.0955. The molecule has 1 saturated carbocycles. The van der Waals surface area contributed by atoms with Crippen molar-refractivity contribution in [3.63, 3.8) is 0 Å². The molecular formula is C17H20N2O3S. The summed E-state index contributed by atoms with van der Waals surface area (Å²) in [5.41, 5.74) is 1.67. The van der Waals surface area contributed by atoms with Gasteiger partial charge in [0.2, 0.25) is 0 Å². The van der Waals surface area contributed by atoms with Gasteiger partial charge in [0.15, 0.2) is 11.5 Å². The van der Waals surface area contributed by atoms with Crippen LogP contribution in [0.3, 0.4) is 0 Å². The van der Waals surface area contributed by atoms with Crippen LogP contribution in [-0.2, 0) is 0 Å². The summed E-state index contributed by atoms with van der Waals surface area (Å²) in [6.45, 7) is 2.63. The average Bonchev–Trinajstić information content (AvgIpc) is 3.32. The Bertz CT molecular complexity index is 723. The molecule has 1 heterocycles. The minimum atomic E-state index is -0.0290. The molecule has 6 heteroatoms. The van der Waals surface area contributed by atoms with Crippen molar-refractivity contribution in [2.24, 2.45) is 5.92 Å². The Kier molecular flexibility index (Phi) is 4.52. The third kappa shape index (κ3) is 3.47. The number of carbonyl (C=O) groups is 1. The van der Waals surface area contributed by atoms with Crippen molar-refractivity contribution in [1.29, 1.82) is 0 Å². The fraction of sp³-hybridized carbons (Fsp3) is 0.412. The number of aromatic nitrogens is 1. The minimum Gasteiger partial charge on any atom is -0.493 e. The number of amides is 1. The molecule has 0 unspecified atom stereocenters. The number of rotatable bonds is 6. The van der Waals surface area contributed by atoms with Gasteiger partial charge in [-0.15, -0.1) is 11.3 Å². The maximum absolute atomic E-state index is 12.3. The van der Waals surface area contributed by atoms with E-state index in [2.05, 4.69) is 10.3 Å². The summed E-state index contributed by atoms with van der Waals surface area (Å²) in [5.74, 6) is 1.96. The van der Waals surface area contributed by atoms with Crippen molar-refractivity contribution in [3.05, 3.63) is 28.8 Å². The monoisotopic (exact) mass is 332 g/mol. The first-order valence-electron chi connectivity index (χ1n) is 7.60. The van der Waals surface area contributed by atoms with Crippen LogP contribution in [-0.4, -0.2) is 31.7 Å². The molecule has 1 aliphatic carbocycles. The minimum absolute atomic E-state index is 0.0290. The van der Waals surface area contributed by atoms with E-state index in [0.29, 0.717) is 22.3 Å². The van der Waals surface area contributed by atoms with Gasteiger partial charge in [0.05, 0.1) is 19.9 Å². The predicted octanol–water partition coefficient (Wildman–Crippen LogP) is 3.28. The standard InChI is InChI=1S/C17H20N2O3S/c1-10-15(16(20)18-9-11-4-5-11)23-17(19-10)12-6-7-13(21-2)14(8-12)22-3/h6-8,11H,4-5,9H2,1-3H3,(H,18,20). The zero-order chi connectivity index (χ0) is 16.4. The predicted molar refractivity (Wildman–Crippen MR) is 90.4 cm³/mol. The molecule has 5 nitrogen and oxygen atoms in total. The van der Waals surface area contributed by atoms with E-state index in [1.807, 2.05) is 25.1 Å². The molecule has 1 amide bonds. The van der Waals surface area contributed by atoms with Crippen LogP contribution in [0.25, 0.3) is 10.6 Å². The molecule has 0 aliphatic heterocycles. The Morgan fingerprint density at radius 2 is 2.04 bits per heavy atom. The molecule has 3 rings (SSSR count). The SMILES string of the molecule is COc1ccc(-c2nc(C)c(C(=O)NCC3CC3)s2)cc1OC.